The highest BCUT2D eigenvalue weighted by molar-refractivity contribution is 8.15. The molecule has 0 spiro atoms. The molecule has 5 rings (SSSR count). The Morgan fingerprint density at radius 2 is 1.86 bits per heavy atom. The molecule has 1 N–H and O–H groups in total. The predicted octanol–water partition coefficient (Wildman–Crippen LogP) is 3.70. The number of fused-ring (bicyclic) bond motifs is 1. The first-order chi connectivity index (χ1) is 20.0. The average Bonchev–Trinajstić information content (AvgIpc) is 3.52. The molecule has 2 saturated heterocycles. The molecule has 42 heavy (non-hydrogen) atoms. The van der Waals surface area contributed by atoms with Gasteiger partial charge in [-0.3, -0.25) is 24.7 Å². The van der Waals surface area contributed by atoms with E-state index in [0.29, 0.717) is 42.4 Å². The number of morpholine rings is 1. The number of amides is 3. The lowest BCUT2D eigenvalue weighted by Crippen LogP contribution is -2.40. The number of aromatic nitrogens is 1. The molecule has 2 fully saturated rings. The van der Waals surface area contributed by atoms with Crippen molar-refractivity contribution in [3.8, 4) is 11.1 Å². The maximum Gasteiger partial charge on any atom is 0.286 e. The van der Waals surface area contributed by atoms with Crippen LogP contribution in [0.2, 0.25) is 0 Å². The van der Waals surface area contributed by atoms with Crippen molar-refractivity contribution in [2.45, 2.75) is 29.9 Å². The lowest BCUT2D eigenvalue weighted by Gasteiger charge is -2.26. The highest BCUT2D eigenvalue weighted by Gasteiger charge is 2.37. The second kappa shape index (κ2) is 12.5. The summed E-state index contributed by atoms with van der Waals surface area (Å²) in [6.07, 6.45) is 0.330. The van der Waals surface area contributed by atoms with Gasteiger partial charge in [0.15, 0.2) is 15.7 Å². The van der Waals surface area contributed by atoms with Crippen LogP contribution in [0.4, 0.5) is 4.79 Å². The smallest absolute Gasteiger partial charge is 0.286 e. The van der Waals surface area contributed by atoms with Gasteiger partial charge >= 0.3 is 0 Å². The number of carbonyl (C=O) groups excluding carboxylic acids is 3. The average molecular weight is 631 g/mol. The van der Waals surface area contributed by atoms with Crippen LogP contribution in [0.3, 0.4) is 0 Å². The Kier molecular flexibility index (Phi) is 8.97. The first-order valence-electron chi connectivity index (χ1n) is 13.2. The molecule has 3 amide bonds. The molecule has 0 radical (unpaired) electrons. The molecule has 3 unspecified atom stereocenters. The van der Waals surface area contributed by atoms with Gasteiger partial charge in [-0.25, -0.2) is 13.4 Å². The zero-order chi connectivity index (χ0) is 30.0. The molecule has 2 aliphatic heterocycles. The SMILES string of the molecule is CN=C(CC1SC(=O)NC1=O)OC(C)C(c1nc2ccc(-c3ccc(C(=O)N4CCOCC4)cc3)cc2s1)S(C)(=O)=O. The molecule has 222 valence electrons. The number of hydrogen-bond acceptors (Lipinski definition) is 11. The molecule has 11 nitrogen and oxygen atoms in total. The van der Waals surface area contributed by atoms with E-state index in [1.165, 1.54) is 18.4 Å². The van der Waals surface area contributed by atoms with E-state index in [4.69, 9.17) is 9.47 Å². The van der Waals surface area contributed by atoms with Gasteiger partial charge in [-0.1, -0.05) is 30.0 Å². The first kappa shape index (κ1) is 30.1. The van der Waals surface area contributed by atoms with Crippen LogP contribution in [0.5, 0.6) is 0 Å². The number of thioether (sulfide) groups is 1. The zero-order valence-electron chi connectivity index (χ0n) is 23.2. The number of nitrogens with zero attached hydrogens (tertiary/aromatic N) is 3. The minimum absolute atomic E-state index is 0.0226. The van der Waals surface area contributed by atoms with E-state index in [2.05, 4.69) is 15.3 Å². The summed E-state index contributed by atoms with van der Waals surface area (Å²) in [7, 11) is -2.18. The normalized spacial score (nSPS) is 19.5. The van der Waals surface area contributed by atoms with Gasteiger partial charge in [0.25, 0.3) is 11.1 Å². The highest BCUT2D eigenvalue weighted by atomic mass is 32.2. The lowest BCUT2D eigenvalue weighted by atomic mass is 10.0. The van der Waals surface area contributed by atoms with Crippen LogP contribution < -0.4 is 5.32 Å². The minimum atomic E-state index is -3.66. The van der Waals surface area contributed by atoms with Gasteiger partial charge in [0.1, 0.15) is 21.6 Å². The maximum atomic E-state index is 12.9. The number of imide groups is 1. The van der Waals surface area contributed by atoms with Gasteiger partial charge in [0.05, 0.1) is 23.4 Å². The lowest BCUT2D eigenvalue weighted by molar-refractivity contribution is -0.118. The second-order valence-electron chi connectivity index (χ2n) is 9.99. The summed E-state index contributed by atoms with van der Waals surface area (Å²) < 4.78 is 38.0. The van der Waals surface area contributed by atoms with Gasteiger partial charge < -0.3 is 14.4 Å². The number of nitrogens with one attached hydrogen (secondary N) is 1. The fourth-order valence-electron chi connectivity index (χ4n) is 4.88. The number of aliphatic imine (C=N–C) groups is 1. The van der Waals surface area contributed by atoms with Crippen LogP contribution in [-0.2, 0) is 24.1 Å². The molecule has 0 aliphatic carbocycles. The van der Waals surface area contributed by atoms with Crippen molar-refractivity contribution in [2.75, 3.05) is 39.6 Å². The minimum Gasteiger partial charge on any atom is -0.476 e. The molecule has 2 aliphatic rings. The van der Waals surface area contributed by atoms with Gasteiger partial charge in [0, 0.05) is 38.4 Å². The van der Waals surface area contributed by atoms with E-state index >= 15 is 0 Å². The van der Waals surface area contributed by atoms with Crippen molar-refractivity contribution in [3.63, 3.8) is 0 Å². The van der Waals surface area contributed by atoms with Crippen LogP contribution >= 0.6 is 23.1 Å². The Bertz CT molecular complexity index is 1650. The third-order valence-electron chi connectivity index (χ3n) is 7.00. The van der Waals surface area contributed by atoms with Crippen molar-refractivity contribution in [1.82, 2.24) is 15.2 Å². The summed E-state index contributed by atoms with van der Waals surface area (Å²) in [4.78, 5) is 46.8. The largest absolute Gasteiger partial charge is 0.476 e. The maximum absolute atomic E-state index is 12.9. The molecule has 3 aromatic rings. The molecule has 3 atom stereocenters. The third kappa shape index (κ3) is 6.66. The standard InChI is InChI=1S/C28H30N4O7S3/c1-16(39-23(29-2)15-22-25(33)31-28(35)41-22)24(42(3,36)37)26-30-20-9-8-19(14-21(20)40-26)17-4-6-18(7-5-17)27(34)32-10-12-38-13-11-32/h4-9,14,16,22,24H,10-13,15H2,1-3H3,(H,31,33,35). The van der Waals surface area contributed by atoms with Crippen LogP contribution in [-0.4, -0.2) is 92.2 Å². The molecule has 0 saturated carbocycles. The first-order valence-corrected chi connectivity index (χ1v) is 16.9. The number of benzene rings is 2. The van der Waals surface area contributed by atoms with Gasteiger partial charge in [-0.15, -0.1) is 11.3 Å². The summed E-state index contributed by atoms with van der Waals surface area (Å²) in [5.74, 6) is -0.273. The summed E-state index contributed by atoms with van der Waals surface area (Å²) in [6.45, 7) is 3.86. The van der Waals surface area contributed by atoms with Crippen LogP contribution in [0, 0.1) is 0 Å². The molecule has 3 heterocycles. The number of hydrogen-bond donors (Lipinski definition) is 1. The van der Waals surface area contributed by atoms with Crippen molar-refractivity contribution in [3.05, 3.63) is 53.0 Å². The molecule has 1 aromatic heterocycles. The van der Waals surface area contributed by atoms with Gasteiger partial charge in [-0.2, -0.15) is 0 Å². The van der Waals surface area contributed by atoms with E-state index in [1.807, 2.05) is 42.5 Å². The van der Waals surface area contributed by atoms with E-state index in [0.717, 1.165) is 33.8 Å². The summed E-state index contributed by atoms with van der Waals surface area (Å²) >= 11 is 2.12. The summed E-state index contributed by atoms with van der Waals surface area (Å²) in [5.41, 5.74) is 3.09. The van der Waals surface area contributed by atoms with Crippen molar-refractivity contribution < 1.29 is 32.3 Å². The van der Waals surface area contributed by atoms with Crippen LogP contribution in [0.1, 0.15) is 34.0 Å². The van der Waals surface area contributed by atoms with E-state index in [9.17, 15) is 22.8 Å². The quantitative estimate of drug-likeness (QED) is 0.291. The Hall–Kier alpha value is -3.33. The molecular formula is C28H30N4O7S3. The molecular weight excluding hydrogens is 601 g/mol. The Morgan fingerprint density at radius 1 is 1.17 bits per heavy atom. The summed E-state index contributed by atoms with van der Waals surface area (Å²) in [5, 5.41) is 0.401. The van der Waals surface area contributed by atoms with Gasteiger partial charge in [-0.05, 0) is 42.3 Å². The summed E-state index contributed by atoms with van der Waals surface area (Å²) in [6, 6.07) is 13.1. The number of thiazole rings is 1. The number of ether oxygens (including phenoxy) is 2. The zero-order valence-corrected chi connectivity index (χ0v) is 25.7. The third-order valence-corrected chi connectivity index (χ3v) is 10.8. The van der Waals surface area contributed by atoms with Crippen molar-refractivity contribution in [2.24, 2.45) is 4.99 Å². The van der Waals surface area contributed by atoms with E-state index in [-0.39, 0.29) is 18.2 Å². The van der Waals surface area contributed by atoms with Crippen molar-refractivity contribution >= 4 is 66.1 Å². The predicted molar refractivity (Wildman–Crippen MR) is 163 cm³/mol. The van der Waals surface area contributed by atoms with E-state index in [1.54, 1.807) is 11.8 Å². The van der Waals surface area contributed by atoms with E-state index < -0.39 is 37.6 Å². The fraction of sp³-hybridized carbons (Fsp3) is 0.393. The molecule has 14 heteroatoms. The topological polar surface area (TPSA) is 144 Å². The number of carbonyl (C=O) groups is 3. The Balaban J connectivity index is 1.35. The second-order valence-corrected chi connectivity index (χ2v) is 14.4. The van der Waals surface area contributed by atoms with Gasteiger partial charge in [0.2, 0.25) is 5.91 Å². The molecule has 0 bridgehead atoms. The number of sulfone groups is 1. The van der Waals surface area contributed by atoms with Crippen LogP contribution in [0.15, 0.2) is 47.5 Å². The fourth-order valence-corrected chi connectivity index (χ4v) is 8.62. The monoisotopic (exact) mass is 630 g/mol. The Morgan fingerprint density at radius 3 is 2.48 bits per heavy atom. The molecule has 2 aromatic carbocycles. The highest BCUT2D eigenvalue weighted by Crippen LogP contribution is 2.36. The van der Waals surface area contributed by atoms with Crippen LogP contribution in [0.25, 0.3) is 21.3 Å². The van der Waals surface area contributed by atoms with Crippen molar-refractivity contribution in [1.29, 1.82) is 0 Å². The Labute approximate surface area is 251 Å². The number of rotatable bonds is 8.